The van der Waals surface area contributed by atoms with Gasteiger partial charge in [-0.05, 0) is 41.9 Å². The van der Waals surface area contributed by atoms with Gasteiger partial charge in [0.2, 0.25) is 0 Å². The molecule has 0 nitrogen and oxygen atoms in total. The van der Waals surface area contributed by atoms with Crippen molar-refractivity contribution in [1.29, 1.82) is 0 Å². The maximum Gasteiger partial charge on any atom is -0.00467 e. The second kappa shape index (κ2) is 2.35. The average molecular weight is 188 g/mol. The second-order valence-electron chi connectivity index (χ2n) is 6.09. The van der Waals surface area contributed by atoms with Crippen molar-refractivity contribution in [2.45, 2.75) is 39.5 Å². The van der Waals surface area contributed by atoms with Gasteiger partial charge >= 0.3 is 0 Å². The van der Waals surface area contributed by atoms with E-state index in [1.807, 2.05) is 0 Å². The van der Waals surface area contributed by atoms with Crippen molar-refractivity contribution in [1.82, 2.24) is 0 Å². The van der Waals surface area contributed by atoms with E-state index in [1.54, 1.807) is 0 Å². The summed E-state index contributed by atoms with van der Waals surface area (Å²) < 4.78 is 0. The van der Waals surface area contributed by atoms with E-state index in [0.717, 1.165) is 11.8 Å². The van der Waals surface area contributed by atoms with Crippen molar-refractivity contribution in [2.24, 2.45) is 22.7 Å². The molecule has 0 aliphatic heterocycles. The monoisotopic (exact) mass is 188 g/mol. The molecule has 0 N–H and O–H groups in total. The summed E-state index contributed by atoms with van der Waals surface area (Å²) in [6, 6.07) is 0. The normalized spacial score (nSPS) is 48.3. The van der Waals surface area contributed by atoms with Gasteiger partial charge in [0.1, 0.15) is 0 Å². The number of fused-ring (bicyclic) bond motifs is 1. The Balaban J connectivity index is 2.10. The molecular weight excluding hydrogens is 168 g/mol. The zero-order valence-electron chi connectivity index (χ0n) is 9.34. The Bertz CT molecular complexity index is 321. The van der Waals surface area contributed by atoms with E-state index < -0.39 is 0 Å². The molecule has 0 aromatic carbocycles. The van der Waals surface area contributed by atoms with Gasteiger partial charge in [-0.25, -0.2) is 0 Å². The summed E-state index contributed by atoms with van der Waals surface area (Å²) in [6.45, 7) is 9.18. The number of hydrogen-bond donors (Lipinski definition) is 0. The van der Waals surface area contributed by atoms with E-state index in [2.05, 4.69) is 32.6 Å². The first kappa shape index (κ1) is 8.76. The largest absolute Gasteiger partial charge is 0.0990 e. The van der Waals surface area contributed by atoms with Crippen molar-refractivity contribution < 1.29 is 0 Å². The van der Waals surface area contributed by atoms with Crippen LogP contribution in [0.25, 0.3) is 0 Å². The molecule has 3 atom stereocenters. The molecule has 3 aliphatic rings. The van der Waals surface area contributed by atoms with Crippen molar-refractivity contribution >= 4 is 0 Å². The first-order valence-electron chi connectivity index (χ1n) is 5.95. The lowest BCUT2D eigenvalue weighted by Gasteiger charge is -2.47. The summed E-state index contributed by atoms with van der Waals surface area (Å²) in [6.07, 6.45) is 10.6. The van der Waals surface area contributed by atoms with Crippen LogP contribution in [0.4, 0.5) is 0 Å². The maximum atomic E-state index is 4.41. The van der Waals surface area contributed by atoms with E-state index in [9.17, 15) is 0 Å². The Morgan fingerprint density at radius 2 is 2.21 bits per heavy atom. The molecule has 0 amide bonds. The molecule has 0 heterocycles. The molecule has 0 radical (unpaired) electrons. The smallest absolute Gasteiger partial charge is 0.00467 e. The van der Waals surface area contributed by atoms with Crippen molar-refractivity contribution in [3.05, 3.63) is 24.3 Å². The van der Waals surface area contributed by atoms with Crippen LogP contribution in [0.3, 0.4) is 0 Å². The van der Waals surface area contributed by atoms with Gasteiger partial charge in [-0.1, -0.05) is 44.6 Å². The molecule has 1 spiro atoms. The van der Waals surface area contributed by atoms with Gasteiger partial charge in [0.25, 0.3) is 0 Å². The molecule has 0 saturated heterocycles. The third kappa shape index (κ3) is 0.809. The molecule has 2 saturated carbocycles. The maximum absolute atomic E-state index is 4.41. The topological polar surface area (TPSA) is 0 Å². The molecule has 3 unspecified atom stereocenters. The third-order valence-corrected chi connectivity index (χ3v) is 5.26. The predicted octanol–water partition coefficient (Wildman–Crippen LogP) is 3.95. The molecule has 2 bridgehead atoms. The minimum absolute atomic E-state index is 0.353. The Morgan fingerprint density at radius 3 is 3.00 bits per heavy atom. The van der Waals surface area contributed by atoms with E-state index in [4.69, 9.17) is 0 Å². The Labute approximate surface area is 87.1 Å². The highest BCUT2D eigenvalue weighted by molar-refractivity contribution is 5.33. The lowest BCUT2D eigenvalue weighted by molar-refractivity contribution is 0.139. The number of hydrogen-bond acceptors (Lipinski definition) is 0. The van der Waals surface area contributed by atoms with E-state index >= 15 is 0 Å². The molecule has 0 aromatic rings. The van der Waals surface area contributed by atoms with Gasteiger partial charge in [0, 0.05) is 0 Å². The Kier molecular flexibility index (Phi) is 1.47. The SMILES string of the molecule is C=C1C2CCCC23C=CC(C3)C1(C)C. The lowest BCUT2D eigenvalue weighted by atomic mass is 9.57. The molecule has 3 rings (SSSR count). The van der Waals surface area contributed by atoms with Crippen molar-refractivity contribution in [2.75, 3.05) is 0 Å². The van der Waals surface area contributed by atoms with Gasteiger partial charge in [0.15, 0.2) is 0 Å². The Morgan fingerprint density at radius 1 is 1.43 bits per heavy atom. The first-order chi connectivity index (χ1) is 6.56. The van der Waals surface area contributed by atoms with Gasteiger partial charge in [-0.15, -0.1) is 0 Å². The highest BCUT2D eigenvalue weighted by Crippen LogP contribution is 2.65. The highest BCUT2D eigenvalue weighted by Gasteiger charge is 2.55. The lowest BCUT2D eigenvalue weighted by Crippen LogP contribution is -2.39. The third-order valence-electron chi connectivity index (χ3n) is 5.26. The van der Waals surface area contributed by atoms with E-state index in [0.29, 0.717) is 10.8 Å². The quantitative estimate of drug-likeness (QED) is 0.505. The molecule has 76 valence electrons. The minimum atomic E-state index is 0.353. The van der Waals surface area contributed by atoms with E-state index in [1.165, 1.54) is 31.3 Å². The second-order valence-corrected chi connectivity index (χ2v) is 6.09. The average Bonchev–Trinajstić information content (AvgIpc) is 2.71. The van der Waals surface area contributed by atoms with Gasteiger partial charge in [-0.2, -0.15) is 0 Å². The van der Waals surface area contributed by atoms with E-state index in [-0.39, 0.29) is 0 Å². The van der Waals surface area contributed by atoms with Crippen LogP contribution in [0.1, 0.15) is 39.5 Å². The fourth-order valence-electron chi connectivity index (χ4n) is 4.10. The summed E-state index contributed by atoms with van der Waals surface area (Å²) >= 11 is 0. The number of rotatable bonds is 0. The summed E-state index contributed by atoms with van der Waals surface area (Å²) in [5.41, 5.74) is 2.44. The zero-order chi connectivity index (χ0) is 9.97. The number of allylic oxidation sites excluding steroid dienone is 3. The van der Waals surface area contributed by atoms with Crippen LogP contribution in [0, 0.1) is 22.7 Å². The van der Waals surface area contributed by atoms with Crippen LogP contribution in [0.2, 0.25) is 0 Å². The van der Waals surface area contributed by atoms with Crippen molar-refractivity contribution in [3.8, 4) is 0 Å². The Hall–Kier alpha value is -0.520. The van der Waals surface area contributed by atoms with Crippen LogP contribution in [-0.4, -0.2) is 0 Å². The summed E-state index contributed by atoms with van der Waals surface area (Å²) in [5.74, 6) is 1.57. The summed E-state index contributed by atoms with van der Waals surface area (Å²) in [4.78, 5) is 0. The molecule has 2 fully saturated rings. The molecular formula is C14H20. The predicted molar refractivity (Wildman–Crippen MR) is 59.9 cm³/mol. The zero-order valence-corrected chi connectivity index (χ0v) is 9.34. The molecule has 3 aliphatic carbocycles. The summed E-state index contributed by atoms with van der Waals surface area (Å²) in [5, 5.41) is 0. The fraction of sp³-hybridized carbons (Fsp3) is 0.714. The van der Waals surface area contributed by atoms with Crippen LogP contribution >= 0.6 is 0 Å². The summed E-state index contributed by atoms with van der Waals surface area (Å²) in [7, 11) is 0. The molecule has 0 aromatic heterocycles. The van der Waals surface area contributed by atoms with Crippen LogP contribution in [0.5, 0.6) is 0 Å². The van der Waals surface area contributed by atoms with Gasteiger partial charge in [-0.3, -0.25) is 0 Å². The van der Waals surface area contributed by atoms with Crippen LogP contribution in [0.15, 0.2) is 24.3 Å². The first-order valence-corrected chi connectivity index (χ1v) is 5.95. The fourth-order valence-corrected chi connectivity index (χ4v) is 4.10. The minimum Gasteiger partial charge on any atom is -0.0990 e. The van der Waals surface area contributed by atoms with Gasteiger partial charge < -0.3 is 0 Å². The highest BCUT2D eigenvalue weighted by atomic mass is 14.6. The van der Waals surface area contributed by atoms with Crippen molar-refractivity contribution in [3.63, 3.8) is 0 Å². The van der Waals surface area contributed by atoms with Crippen LogP contribution < -0.4 is 0 Å². The molecule has 14 heavy (non-hydrogen) atoms. The van der Waals surface area contributed by atoms with Crippen LogP contribution in [-0.2, 0) is 0 Å². The van der Waals surface area contributed by atoms with Gasteiger partial charge in [0.05, 0.1) is 0 Å². The standard InChI is InChI=1S/C14H20/c1-10-12-5-4-7-14(12)8-6-11(9-14)13(10,2)3/h6,8,11-12H,1,4-5,7,9H2,2-3H3. The molecule has 0 heteroatoms.